The van der Waals surface area contributed by atoms with Crippen LogP contribution in [0.2, 0.25) is 5.02 Å². The summed E-state index contributed by atoms with van der Waals surface area (Å²) in [5, 5.41) is 6.16. The van der Waals surface area contributed by atoms with Gasteiger partial charge in [0.2, 0.25) is 5.91 Å². The SMILES string of the molecule is Clc1cccc(N2CCNCC2)c1.O=C1CCCN1c1ccc(S(=O)(=O)Nc2nccs2)cc1.[HH].[HH]. The molecular weight excluding hydrogens is 494 g/mol. The Morgan fingerprint density at radius 1 is 1.06 bits per heavy atom. The number of carbonyl (C=O) groups is 1. The predicted octanol–water partition coefficient (Wildman–Crippen LogP) is 4.31. The van der Waals surface area contributed by atoms with Crippen LogP contribution < -0.4 is 19.8 Å². The van der Waals surface area contributed by atoms with Crippen molar-refractivity contribution in [2.45, 2.75) is 17.7 Å². The molecule has 0 spiro atoms. The predicted molar refractivity (Wildman–Crippen MR) is 142 cm³/mol. The number of aromatic nitrogens is 1. The molecule has 0 saturated carbocycles. The molecular formula is C23H30ClN5O3S2. The molecule has 0 bridgehead atoms. The second-order valence-corrected chi connectivity index (χ2v) is 10.8. The molecule has 2 aromatic carbocycles. The van der Waals surface area contributed by atoms with Gasteiger partial charge in [-0.2, -0.15) is 0 Å². The fraction of sp³-hybridized carbons (Fsp3) is 0.304. The minimum atomic E-state index is -3.64. The first-order valence-electron chi connectivity index (χ1n) is 11.0. The summed E-state index contributed by atoms with van der Waals surface area (Å²) in [6.07, 6.45) is 2.92. The second-order valence-electron chi connectivity index (χ2n) is 7.80. The highest BCUT2D eigenvalue weighted by Crippen LogP contribution is 2.24. The van der Waals surface area contributed by atoms with E-state index in [0.29, 0.717) is 18.1 Å². The van der Waals surface area contributed by atoms with E-state index in [9.17, 15) is 13.2 Å². The Bertz CT molecular complexity index is 1210. The van der Waals surface area contributed by atoms with Crippen molar-refractivity contribution in [3.05, 3.63) is 65.1 Å². The van der Waals surface area contributed by atoms with Gasteiger partial charge in [-0.1, -0.05) is 17.7 Å². The first kappa shape index (κ1) is 24.5. The summed E-state index contributed by atoms with van der Waals surface area (Å²) < 4.78 is 26.8. The van der Waals surface area contributed by atoms with Crippen LogP contribution in [-0.2, 0) is 14.8 Å². The molecule has 5 rings (SSSR count). The third-order valence-corrected chi connectivity index (χ3v) is 7.88. The molecule has 1 aromatic heterocycles. The van der Waals surface area contributed by atoms with Gasteiger partial charge in [-0.25, -0.2) is 13.4 Å². The zero-order valence-electron chi connectivity index (χ0n) is 18.5. The van der Waals surface area contributed by atoms with Gasteiger partial charge in [-0.15, -0.1) is 11.3 Å². The number of halogens is 1. The third-order valence-electron chi connectivity index (χ3n) is 5.48. The average molecular weight is 524 g/mol. The average Bonchev–Trinajstić information content (AvgIpc) is 3.51. The van der Waals surface area contributed by atoms with Crippen LogP contribution in [0.4, 0.5) is 16.5 Å². The van der Waals surface area contributed by atoms with Crippen LogP contribution >= 0.6 is 22.9 Å². The zero-order chi connectivity index (χ0) is 24.0. The summed E-state index contributed by atoms with van der Waals surface area (Å²) in [5.41, 5.74) is 1.96. The van der Waals surface area contributed by atoms with Crippen LogP contribution in [0.5, 0.6) is 0 Å². The van der Waals surface area contributed by atoms with Crippen molar-refractivity contribution < 1.29 is 16.1 Å². The van der Waals surface area contributed by atoms with Crippen molar-refractivity contribution in [1.29, 1.82) is 0 Å². The van der Waals surface area contributed by atoms with E-state index in [2.05, 4.69) is 26.0 Å². The number of anilines is 3. The molecule has 3 aromatic rings. The molecule has 0 unspecified atom stereocenters. The topological polar surface area (TPSA) is 94.6 Å². The Hall–Kier alpha value is -2.66. The van der Waals surface area contributed by atoms with Gasteiger partial charge in [0.25, 0.3) is 10.0 Å². The van der Waals surface area contributed by atoms with Gasteiger partial charge in [-0.3, -0.25) is 9.52 Å². The molecule has 1 amide bonds. The van der Waals surface area contributed by atoms with E-state index in [1.165, 1.54) is 35.4 Å². The van der Waals surface area contributed by atoms with Gasteiger partial charge >= 0.3 is 0 Å². The minimum Gasteiger partial charge on any atom is -0.369 e. The first-order valence-corrected chi connectivity index (χ1v) is 13.7. The maximum Gasteiger partial charge on any atom is 0.263 e. The van der Waals surface area contributed by atoms with E-state index in [1.807, 2.05) is 18.2 Å². The molecule has 2 fully saturated rings. The van der Waals surface area contributed by atoms with Gasteiger partial charge in [-0.05, 0) is 48.9 Å². The van der Waals surface area contributed by atoms with Crippen LogP contribution in [0.15, 0.2) is 65.0 Å². The van der Waals surface area contributed by atoms with Crippen molar-refractivity contribution in [3.63, 3.8) is 0 Å². The summed E-state index contributed by atoms with van der Waals surface area (Å²) >= 11 is 7.14. The van der Waals surface area contributed by atoms with Gasteiger partial charge in [0.15, 0.2) is 5.13 Å². The molecule has 8 nitrogen and oxygen atoms in total. The number of piperazine rings is 1. The van der Waals surface area contributed by atoms with E-state index in [1.54, 1.807) is 22.4 Å². The lowest BCUT2D eigenvalue weighted by Gasteiger charge is -2.29. The molecule has 2 aliphatic heterocycles. The fourth-order valence-corrected chi connectivity index (χ4v) is 5.74. The van der Waals surface area contributed by atoms with Crippen molar-refractivity contribution in [2.75, 3.05) is 47.2 Å². The van der Waals surface area contributed by atoms with Crippen molar-refractivity contribution in [2.24, 2.45) is 0 Å². The van der Waals surface area contributed by atoms with Crippen molar-refractivity contribution >= 4 is 55.4 Å². The summed E-state index contributed by atoms with van der Waals surface area (Å²) in [7, 11) is -3.64. The highest BCUT2D eigenvalue weighted by atomic mass is 35.5. The lowest BCUT2D eigenvalue weighted by molar-refractivity contribution is -0.117. The monoisotopic (exact) mass is 523 g/mol. The quantitative estimate of drug-likeness (QED) is 0.517. The lowest BCUT2D eigenvalue weighted by atomic mass is 10.2. The Morgan fingerprint density at radius 3 is 2.44 bits per heavy atom. The highest BCUT2D eigenvalue weighted by Gasteiger charge is 2.22. The van der Waals surface area contributed by atoms with Crippen LogP contribution in [0, 0.1) is 0 Å². The van der Waals surface area contributed by atoms with E-state index >= 15 is 0 Å². The summed E-state index contributed by atoms with van der Waals surface area (Å²) in [6, 6.07) is 14.3. The number of nitrogens with one attached hydrogen (secondary N) is 2. The molecule has 34 heavy (non-hydrogen) atoms. The Morgan fingerprint density at radius 2 is 1.82 bits per heavy atom. The number of carbonyl (C=O) groups excluding carboxylic acids is 1. The molecule has 11 heteroatoms. The van der Waals surface area contributed by atoms with Gasteiger partial charge in [0, 0.05) is 70.0 Å². The van der Waals surface area contributed by atoms with Crippen molar-refractivity contribution in [3.8, 4) is 0 Å². The normalized spacial score (nSPS) is 16.2. The van der Waals surface area contributed by atoms with Crippen molar-refractivity contribution in [1.82, 2.24) is 10.3 Å². The Kier molecular flexibility index (Phi) is 8.04. The molecule has 0 radical (unpaired) electrons. The number of sulfonamides is 1. The van der Waals surface area contributed by atoms with Gasteiger partial charge in [0.1, 0.15) is 0 Å². The van der Waals surface area contributed by atoms with Gasteiger partial charge < -0.3 is 15.1 Å². The number of thiazole rings is 1. The lowest BCUT2D eigenvalue weighted by Crippen LogP contribution is -2.43. The van der Waals surface area contributed by atoms with E-state index in [4.69, 9.17) is 11.6 Å². The number of amides is 1. The molecule has 0 aliphatic carbocycles. The minimum absolute atomic E-state index is 0. The van der Waals surface area contributed by atoms with Gasteiger partial charge in [0.05, 0.1) is 4.90 Å². The standard InChI is InChI=1S/C13H13N3O3S2.C10H13ClN2.2H2/c17-12-2-1-8-16(12)10-3-5-11(6-4-10)21(18,19)15-13-14-7-9-20-13;11-9-2-1-3-10(8-9)13-6-4-12-5-7-13;;/h3-7,9H,1-2,8H2,(H,14,15);1-3,8,12H,4-7H2;2*1H. The Labute approximate surface area is 211 Å². The maximum absolute atomic E-state index is 12.2. The van der Waals surface area contributed by atoms with Crippen LogP contribution in [0.25, 0.3) is 0 Å². The van der Waals surface area contributed by atoms with E-state index in [-0.39, 0.29) is 13.7 Å². The number of benzene rings is 2. The fourth-order valence-electron chi connectivity index (χ4n) is 3.77. The third kappa shape index (κ3) is 6.26. The number of hydrogen-bond acceptors (Lipinski definition) is 7. The highest BCUT2D eigenvalue weighted by molar-refractivity contribution is 7.93. The van der Waals surface area contributed by atoms with Crippen LogP contribution in [0.1, 0.15) is 15.7 Å². The number of nitrogens with zero attached hydrogens (tertiary/aromatic N) is 3. The zero-order valence-corrected chi connectivity index (χ0v) is 20.9. The molecule has 184 valence electrons. The molecule has 3 heterocycles. The van der Waals surface area contributed by atoms with E-state index < -0.39 is 10.0 Å². The molecule has 2 aliphatic rings. The number of rotatable bonds is 5. The molecule has 2 N–H and O–H groups in total. The number of hydrogen-bond donors (Lipinski definition) is 2. The summed E-state index contributed by atoms with van der Waals surface area (Å²) in [6.45, 7) is 4.95. The van der Waals surface area contributed by atoms with Crippen LogP contribution in [-0.4, -0.2) is 52.0 Å². The van der Waals surface area contributed by atoms with Crippen LogP contribution in [0.3, 0.4) is 0 Å². The van der Waals surface area contributed by atoms with E-state index in [0.717, 1.165) is 43.3 Å². The smallest absolute Gasteiger partial charge is 0.263 e. The maximum atomic E-state index is 12.2. The summed E-state index contributed by atoms with van der Waals surface area (Å²) in [4.78, 5) is 19.7. The first-order chi connectivity index (χ1) is 16.4. The second kappa shape index (κ2) is 11.2. The molecule has 0 atom stereocenters. The molecule has 2 saturated heterocycles. The Balaban J connectivity index is 0.000000264. The largest absolute Gasteiger partial charge is 0.369 e. The summed E-state index contributed by atoms with van der Waals surface area (Å²) in [5.74, 6) is 0.0755.